The average Bonchev–Trinajstić information content (AvgIpc) is 2.91. The van der Waals surface area contributed by atoms with Gasteiger partial charge in [-0.1, -0.05) is 80.9 Å². The first-order valence-corrected chi connectivity index (χ1v) is 9.10. The van der Waals surface area contributed by atoms with Crippen molar-refractivity contribution in [3.8, 4) is 0 Å². The van der Waals surface area contributed by atoms with Crippen LogP contribution in [0.5, 0.6) is 0 Å². The summed E-state index contributed by atoms with van der Waals surface area (Å²) < 4.78 is 0. The van der Waals surface area contributed by atoms with Crippen molar-refractivity contribution in [1.82, 2.24) is 4.90 Å². The van der Waals surface area contributed by atoms with Crippen LogP contribution in [0.3, 0.4) is 0 Å². The lowest BCUT2D eigenvalue weighted by molar-refractivity contribution is -0.000654. The molecule has 2 heteroatoms. The Morgan fingerprint density at radius 3 is 1.71 bits per heavy atom. The molecule has 0 radical (unpaired) electrons. The lowest BCUT2D eigenvalue weighted by Crippen LogP contribution is -2.59. The van der Waals surface area contributed by atoms with Gasteiger partial charge in [0, 0.05) is 25.2 Å². The minimum absolute atomic E-state index is 0.0681. The number of hydrogen-bond donors (Lipinski definition) is 1. The molecule has 0 saturated heterocycles. The Morgan fingerprint density at radius 2 is 1.33 bits per heavy atom. The van der Waals surface area contributed by atoms with Crippen molar-refractivity contribution in [2.45, 2.75) is 51.7 Å². The third-order valence-electron chi connectivity index (χ3n) is 6.03. The predicted molar refractivity (Wildman–Crippen MR) is 102 cm³/mol. The zero-order chi connectivity index (χ0) is 17.0. The van der Waals surface area contributed by atoms with Gasteiger partial charge in [-0.25, -0.2) is 0 Å². The molecule has 1 unspecified atom stereocenters. The molecular weight excluding hydrogens is 292 g/mol. The smallest absolute Gasteiger partial charge is 0.0389 e. The second kappa shape index (κ2) is 7.08. The summed E-state index contributed by atoms with van der Waals surface area (Å²) in [5, 5.41) is 0. The SMILES string of the molecule is CC1(C)CCCC1(CN)N(Cc1ccccc1)Cc1ccccc1. The molecule has 0 heterocycles. The Hall–Kier alpha value is -1.64. The standard InChI is InChI=1S/C22H30N2/c1-21(2)14-9-15-22(21,18-23)24(16-19-10-5-3-6-11-19)17-20-12-7-4-8-13-20/h3-8,10-13H,9,14-18,23H2,1-2H3. The summed E-state index contributed by atoms with van der Waals surface area (Å²) in [4.78, 5) is 2.64. The van der Waals surface area contributed by atoms with Gasteiger partial charge in [0.05, 0.1) is 0 Å². The van der Waals surface area contributed by atoms with Crippen LogP contribution in [-0.2, 0) is 13.1 Å². The molecule has 0 aromatic heterocycles. The van der Waals surface area contributed by atoms with Crippen LogP contribution >= 0.6 is 0 Å². The summed E-state index contributed by atoms with van der Waals surface area (Å²) in [5.74, 6) is 0. The van der Waals surface area contributed by atoms with E-state index in [-0.39, 0.29) is 11.0 Å². The van der Waals surface area contributed by atoms with Gasteiger partial charge in [-0.15, -0.1) is 0 Å². The normalized spacial score (nSPS) is 22.8. The number of nitrogens with two attached hydrogens (primary N) is 1. The van der Waals surface area contributed by atoms with E-state index in [4.69, 9.17) is 5.73 Å². The minimum atomic E-state index is 0.0681. The zero-order valence-corrected chi connectivity index (χ0v) is 15.0. The average molecular weight is 322 g/mol. The van der Waals surface area contributed by atoms with Gasteiger partial charge in [0.2, 0.25) is 0 Å². The van der Waals surface area contributed by atoms with Crippen molar-refractivity contribution in [3.63, 3.8) is 0 Å². The summed E-state index contributed by atoms with van der Waals surface area (Å²) in [7, 11) is 0. The number of nitrogens with zero attached hydrogens (tertiary/aromatic N) is 1. The van der Waals surface area contributed by atoms with Crippen LogP contribution in [0.1, 0.15) is 44.2 Å². The maximum Gasteiger partial charge on any atom is 0.0389 e. The Kier molecular flexibility index (Phi) is 5.07. The fourth-order valence-corrected chi connectivity index (χ4v) is 4.45. The number of hydrogen-bond acceptors (Lipinski definition) is 2. The molecule has 0 bridgehead atoms. The molecule has 1 atom stereocenters. The topological polar surface area (TPSA) is 29.3 Å². The van der Waals surface area contributed by atoms with E-state index in [0.29, 0.717) is 0 Å². The van der Waals surface area contributed by atoms with Gasteiger partial charge in [0.25, 0.3) is 0 Å². The van der Waals surface area contributed by atoms with E-state index in [1.165, 1.54) is 30.4 Å². The fourth-order valence-electron chi connectivity index (χ4n) is 4.45. The van der Waals surface area contributed by atoms with E-state index in [1.807, 2.05) is 0 Å². The predicted octanol–water partition coefficient (Wildman–Crippen LogP) is 4.60. The first kappa shape index (κ1) is 17.2. The largest absolute Gasteiger partial charge is 0.329 e. The summed E-state index contributed by atoms with van der Waals surface area (Å²) in [5.41, 5.74) is 9.45. The molecule has 3 rings (SSSR count). The summed E-state index contributed by atoms with van der Waals surface area (Å²) in [6.07, 6.45) is 3.71. The van der Waals surface area contributed by atoms with Gasteiger partial charge in [0.15, 0.2) is 0 Å². The maximum atomic E-state index is 6.41. The molecule has 1 fully saturated rings. The molecule has 2 aromatic carbocycles. The van der Waals surface area contributed by atoms with Gasteiger partial charge in [0.1, 0.15) is 0 Å². The van der Waals surface area contributed by atoms with Crippen LogP contribution in [0.4, 0.5) is 0 Å². The van der Waals surface area contributed by atoms with Crippen LogP contribution in [0.15, 0.2) is 60.7 Å². The molecule has 24 heavy (non-hydrogen) atoms. The molecule has 0 spiro atoms. The summed E-state index contributed by atoms with van der Waals surface area (Å²) in [6.45, 7) is 7.43. The highest BCUT2D eigenvalue weighted by molar-refractivity contribution is 5.20. The highest BCUT2D eigenvalue weighted by Gasteiger charge is 2.51. The van der Waals surface area contributed by atoms with E-state index in [1.54, 1.807) is 0 Å². The number of rotatable bonds is 6. The minimum Gasteiger partial charge on any atom is -0.329 e. The Labute approximate surface area is 146 Å². The van der Waals surface area contributed by atoms with E-state index in [2.05, 4.69) is 79.4 Å². The van der Waals surface area contributed by atoms with Crippen molar-refractivity contribution in [1.29, 1.82) is 0 Å². The van der Waals surface area contributed by atoms with Crippen LogP contribution in [0.2, 0.25) is 0 Å². The third-order valence-corrected chi connectivity index (χ3v) is 6.03. The van der Waals surface area contributed by atoms with E-state index in [9.17, 15) is 0 Å². The zero-order valence-electron chi connectivity index (χ0n) is 15.0. The molecule has 0 amide bonds. The molecule has 1 aliphatic carbocycles. The van der Waals surface area contributed by atoms with Gasteiger partial charge >= 0.3 is 0 Å². The first-order chi connectivity index (χ1) is 11.6. The van der Waals surface area contributed by atoms with E-state index >= 15 is 0 Å². The van der Waals surface area contributed by atoms with E-state index < -0.39 is 0 Å². The van der Waals surface area contributed by atoms with Crippen molar-refractivity contribution in [3.05, 3.63) is 71.8 Å². The molecule has 128 valence electrons. The van der Waals surface area contributed by atoms with Gasteiger partial charge in [-0.3, -0.25) is 4.90 Å². The fraction of sp³-hybridized carbons (Fsp3) is 0.455. The maximum absolute atomic E-state index is 6.41. The van der Waals surface area contributed by atoms with Crippen LogP contribution < -0.4 is 5.73 Å². The van der Waals surface area contributed by atoms with Gasteiger partial charge < -0.3 is 5.73 Å². The Morgan fingerprint density at radius 1 is 0.833 bits per heavy atom. The van der Waals surface area contributed by atoms with Gasteiger partial charge in [-0.2, -0.15) is 0 Å². The van der Waals surface area contributed by atoms with Crippen molar-refractivity contribution < 1.29 is 0 Å². The van der Waals surface area contributed by atoms with Crippen LogP contribution in [0, 0.1) is 5.41 Å². The van der Waals surface area contributed by atoms with Crippen molar-refractivity contribution >= 4 is 0 Å². The van der Waals surface area contributed by atoms with Crippen LogP contribution in [0.25, 0.3) is 0 Å². The first-order valence-electron chi connectivity index (χ1n) is 9.10. The lowest BCUT2D eigenvalue weighted by atomic mass is 9.73. The van der Waals surface area contributed by atoms with Crippen LogP contribution in [-0.4, -0.2) is 17.0 Å². The van der Waals surface area contributed by atoms with Crippen molar-refractivity contribution in [2.75, 3.05) is 6.54 Å². The number of benzene rings is 2. The van der Waals surface area contributed by atoms with Gasteiger partial charge in [-0.05, 0) is 29.4 Å². The highest BCUT2D eigenvalue weighted by atomic mass is 15.2. The Balaban J connectivity index is 1.94. The third kappa shape index (κ3) is 3.26. The lowest BCUT2D eigenvalue weighted by Gasteiger charge is -2.49. The molecule has 1 aliphatic rings. The van der Waals surface area contributed by atoms with Crippen molar-refractivity contribution in [2.24, 2.45) is 11.1 Å². The molecule has 2 N–H and O–H groups in total. The highest BCUT2D eigenvalue weighted by Crippen LogP contribution is 2.50. The van der Waals surface area contributed by atoms with E-state index in [0.717, 1.165) is 19.6 Å². The second-order valence-electron chi connectivity index (χ2n) is 7.80. The molecule has 0 aliphatic heterocycles. The molecule has 1 saturated carbocycles. The quantitative estimate of drug-likeness (QED) is 0.842. The summed E-state index contributed by atoms with van der Waals surface area (Å²) in [6, 6.07) is 21.6. The second-order valence-corrected chi connectivity index (χ2v) is 7.80. The summed E-state index contributed by atoms with van der Waals surface area (Å²) >= 11 is 0. The molecule has 2 nitrogen and oxygen atoms in total. The monoisotopic (exact) mass is 322 g/mol. The molecule has 2 aromatic rings. The molecular formula is C22H30N2. The Bertz CT molecular complexity index is 594.